The number of hydrogen-bond acceptors (Lipinski definition) is 4. The number of halogens is 1. The average Bonchev–Trinajstić information content (AvgIpc) is 3.20. The summed E-state index contributed by atoms with van der Waals surface area (Å²) in [6.07, 6.45) is 6.05. The lowest BCUT2D eigenvalue weighted by atomic mass is 10.1. The summed E-state index contributed by atoms with van der Waals surface area (Å²) in [7, 11) is 3.67. The maximum atomic E-state index is 12.2. The highest BCUT2D eigenvalue weighted by atomic mass is 35.5. The normalized spacial score (nSPS) is 19.5. The van der Waals surface area contributed by atoms with Crippen molar-refractivity contribution in [3.05, 3.63) is 29.8 Å². The number of carbonyl (C=O) groups excluding carboxylic acids is 1. The minimum absolute atomic E-state index is 0. The van der Waals surface area contributed by atoms with Gasteiger partial charge >= 0.3 is 0 Å². The van der Waals surface area contributed by atoms with Crippen LogP contribution in [0, 0.1) is 5.92 Å². The van der Waals surface area contributed by atoms with Crippen LogP contribution in [0.25, 0.3) is 0 Å². The van der Waals surface area contributed by atoms with Crippen molar-refractivity contribution in [1.82, 2.24) is 9.80 Å². The van der Waals surface area contributed by atoms with Gasteiger partial charge in [0.25, 0.3) is 0 Å². The number of likely N-dealkylation sites (N-methyl/N-ethyl adjacent to an activating group) is 1. The number of amides is 1. The second-order valence-electron chi connectivity index (χ2n) is 8.22. The maximum absolute atomic E-state index is 12.2. The zero-order valence-corrected chi connectivity index (χ0v) is 18.3. The molecule has 0 radical (unpaired) electrons. The molecule has 0 spiro atoms. The molecule has 28 heavy (non-hydrogen) atoms. The fourth-order valence-electron chi connectivity index (χ4n) is 4.01. The van der Waals surface area contributed by atoms with Gasteiger partial charge in [0.1, 0.15) is 0 Å². The van der Waals surface area contributed by atoms with Crippen LogP contribution < -0.4 is 4.90 Å². The van der Waals surface area contributed by atoms with E-state index in [-0.39, 0.29) is 18.3 Å². The van der Waals surface area contributed by atoms with Gasteiger partial charge in [-0.15, -0.1) is 12.4 Å². The van der Waals surface area contributed by atoms with E-state index in [4.69, 9.17) is 4.74 Å². The predicted molar refractivity (Wildman–Crippen MR) is 118 cm³/mol. The highest BCUT2D eigenvalue weighted by Gasteiger charge is 2.21. The Hall–Kier alpha value is -1.30. The van der Waals surface area contributed by atoms with E-state index in [0.29, 0.717) is 12.5 Å². The van der Waals surface area contributed by atoms with Crippen LogP contribution in [0.4, 0.5) is 5.69 Å². The zero-order chi connectivity index (χ0) is 19.1. The van der Waals surface area contributed by atoms with Crippen molar-refractivity contribution in [2.75, 3.05) is 64.9 Å². The summed E-state index contributed by atoms with van der Waals surface area (Å²) >= 11 is 0. The van der Waals surface area contributed by atoms with E-state index in [0.717, 1.165) is 39.1 Å². The highest BCUT2D eigenvalue weighted by molar-refractivity contribution is 5.85. The maximum Gasteiger partial charge on any atom is 0.236 e. The van der Waals surface area contributed by atoms with Crippen molar-refractivity contribution in [2.24, 2.45) is 5.92 Å². The summed E-state index contributed by atoms with van der Waals surface area (Å²) in [5.74, 6) is 0.732. The van der Waals surface area contributed by atoms with Gasteiger partial charge in [0, 0.05) is 52.6 Å². The fourth-order valence-corrected chi connectivity index (χ4v) is 4.01. The van der Waals surface area contributed by atoms with Crippen molar-refractivity contribution in [3.63, 3.8) is 0 Å². The summed E-state index contributed by atoms with van der Waals surface area (Å²) in [5, 5.41) is 0. The molecule has 6 heteroatoms. The molecule has 1 aromatic carbocycles. The summed E-state index contributed by atoms with van der Waals surface area (Å²) < 4.78 is 5.53. The standard InChI is InChI=1S/C22H35N3O2.ClH/c1-23(2)22(26)17-24(16-20-10-14-27-18-20)13-9-19-7-6-8-21(15-19)25-11-4-3-5-12-25;/h6-8,15,20H,3-5,9-14,16-18H2,1-2H3;1H. The number of piperidine rings is 1. The van der Waals surface area contributed by atoms with Gasteiger partial charge in [-0.25, -0.2) is 0 Å². The predicted octanol–water partition coefficient (Wildman–Crippen LogP) is 3.07. The van der Waals surface area contributed by atoms with Gasteiger partial charge in [0.05, 0.1) is 13.2 Å². The Morgan fingerprint density at radius 2 is 2.00 bits per heavy atom. The molecule has 2 fully saturated rings. The summed E-state index contributed by atoms with van der Waals surface area (Å²) in [6.45, 7) is 6.40. The van der Waals surface area contributed by atoms with Crippen molar-refractivity contribution in [3.8, 4) is 0 Å². The monoisotopic (exact) mass is 409 g/mol. The van der Waals surface area contributed by atoms with E-state index < -0.39 is 0 Å². The van der Waals surface area contributed by atoms with Crippen molar-refractivity contribution in [2.45, 2.75) is 32.1 Å². The van der Waals surface area contributed by atoms with Crippen molar-refractivity contribution < 1.29 is 9.53 Å². The first-order chi connectivity index (χ1) is 13.1. The van der Waals surface area contributed by atoms with E-state index in [1.165, 1.54) is 43.6 Å². The van der Waals surface area contributed by atoms with Gasteiger partial charge in [-0.1, -0.05) is 12.1 Å². The molecular weight excluding hydrogens is 374 g/mol. The zero-order valence-electron chi connectivity index (χ0n) is 17.4. The molecule has 1 amide bonds. The third-order valence-electron chi connectivity index (χ3n) is 5.75. The lowest BCUT2D eigenvalue weighted by molar-refractivity contribution is -0.130. The Bertz CT molecular complexity index is 599. The van der Waals surface area contributed by atoms with E-state index >= 15 is 0 Å². The highest BCUT2D eigenvalue weighted by Crippen LogP contribution is 2.21. The van der Waals surface area contributed by atoms with E-state index in [1.54, 1.807) is 4.90 Å². The van der Waals surface area contributed by atoms with Crippen LogP contribution in [0.2, 0.25) is 0 Å². The molecular formula is C22H36ClN3O2. The lowest BCUT2D eigenvalue weighted by Gasteiger charge is -2.29. The summed E-state index contributed by atoms with van der Waals surface area (Å²) in [6, 6.07) is 8.98. The first-order valence-electron chi connectivity index (χ1n) is 10.5. The van der Waals surface area contributed by atoms with Crippen LogP contribution in [-0.2, 0) is 16.0 Å². The van der Waals surface area contributed by atoms with Crippen LogP contribution in [0.1, 0.15) is 31.2 Å². The first-order valence-corrected chi connectivity index (χ1v) is 10.5. The van der Waals surface area contributed by atoms with E-state index in [9.17, 15) is 4.79 Å². The lowest BCUT2D eigenvalue weighted by Crippen LogP contribution is -2.40. The molecule has 3 rings (SSSR count). The van der Waals surface area contributed by atoms with E-state index in [1.807, 2.05) is 14.1 Å². The third kappa shape index (κ3) is 6.94. The summed E-state index contributed by atoms with van der Waals surface area (Å²) in [5.41, 5.74) is 2.72. The first kappa shape index (κ1) is 23.0. The number of ether oxygens (including phenoxy) is 1. The third-order valence-corrected chi connectivity index (χ3v) is 5.75. The summed E-state index contributed by atoms with van der Waals surface area (Å²) in [4.78, 5) is 18.8. The van der Waals surface area contributed by atoms with Crippen LogP contribution in [0.15, 0.2) is 24.3 Å². The number of carbonyl (C=O) groups is 1. The van der Waals surface area contributed by atoms with Crippen LogP contribution in [-0.4, -0.2) is 75.7 Å². The van der Waals surface area contributed by atoms with Gasteiger partial charge in [0.15, 0.2) is 0 Å². The number of rotatable bonds is 8. The van der Waals surface area contributed by atoms with Crippen molar-refractivity contribution >= 4 is 24.0 Å². The second kappa shape index (κ2) is 11.6. The van der Waals surface area contributed by atoms with Gasteiger partial charge in [-0.2, -0.15) is 0 Å². The molecule has 2 aliphatic rings. The van der Waals surface area contributed by atoms with Gasteiger partial charge in [-0.05, 0) is 55.7 Å². The second-order valence-corrected chi connectivity index (χ2v) is 8.22. The molecule has 158 valence electrons. The fraction of sp³-hybridized carbons (Fsp3) is 0.682. The molecule has 1 unspecified atom stereocenters. The Morgan fingerprint density at radius 1 is 1.21 bits per heavy atom. The smallest absolute Gasteiger partial charge is 0.236 e. The number of nitrogens with zero attached hydrogens (tertiary/aromatic N) is 3. The number of anilines is 1. The quantitative estimate of drug-likeness (QED) is 0.661. The van der Waals surface area contributed by atoms with Crippen molar-refractivity contribution in [1.29, 1.82) is 0 Å². The molecule has 2 saturated heterocycles. The molecule has 0 bridgehead atoms. The SMILES string of the molecule is CN(C)C(=O)CN(CCc1cccc(N2CCCCC2)c1)CC1CCOC1.Cl. The Kier molecular flexibility index (Phi) is 9.56. The largest absolute Gasteiger partial charge is 0.381 e. The molecule has 5 nitrogen and oxygen atoms in total. The Morgan fingerprint density at radius 3 is 2.68 bits per heavy atom. The molecule has 2 heterocycles. The average molecular weight is 410 g/mol. The Balaban J connectivity index is 0.00000280. The van der Waals surface area contributed by atoms with Crippen LogP contribution in [0.5, 0.6) is 0 Å². The minimum Gasteiger partial charge on any atom is -0.381 e. The van der Waals surface area contributed by atoms with E-state index in [2.05, 4.69) is 34.1 Å². The molecule has 0 aliphatic carbocycles. The van der Waals surface area contributed by atoms with Gasteiger partial charge in [-0.3, -0.25) is 9.69 Å². The molecule has 2 aliphatic heterocycles. The topological polar surface area (TPSA) is 36.0 Å². The molecule has 0 aromatic heterocycles. The van der Waals surface area contributed by atoms with Crippen LogP contribution in [0.3, 0.4) is 0 Å². The van der Waals surface area contributed by atoms with Gasteiger partial charge < -0.3 is 14.5 Å². The number of benzene rings is 1. The molecule has 1 aromatic rings. The minimum atomic E-state index is 0. The van der Waals surface area contributed by atoms with Gasteiger partial charge in [0.2, 0.25) is 5.91 Å². The van der Waals surface area contributed by atoms with Crippen LogP contribution >= 0.6 is 12.4 Å². The Labute approximate surface area is 176 Å². The molecule has 0 N–H and O–H groups in total. The molecule has 1 atom stereocenters. The number of hydrogen-bond donors (Lipinski definition) is 0. The molecule has 0 saturated carbocycles.